The van der Waals surface area contributed by atoms with Crippen LogP contribution in [0.2, 0.25) is 0 Å². The molecule has 1 fully saturated rings. The number of hydrogen-bond acceptors (Lipinski definition) is 3. The van der Waals surface area contributed by atoms with E-state index >= 15 is 0 Å². The van der Waals surface area contributed by atoms with Gasteiger partial charge in [0.15, 0.2) is 17.5 Å². The van der Waals surface area contributed by atoms with E-state index in [4.69, 9.17) is 4.74 Å². The van der Waals surface area contributed by atoms with E-state index in [-0.39, 0.29) is 24.0 Å². The Hall–Kier alpha value is -2.31. The maximum Gasteiger partial charge on any atom is 0.243 e. The molecule has 1 amide bonds. The molecule has 7 heteroatoms. The minimum Gasteiger partial charge on any atom is -0.494 e. The van der Waals surface area contributed by atoms with Crippen LogP contribution in [0.25, 0.3) is 0 Å². The molecule has 1 aliphatic carbocycles. The number of guanidine groups is 1. The molecule has 0 saturated heterocycles. The number of ether oxygens (including phenoxy) is 1. The van der Waals surface area contributed by atoms with E-state index in [9.17, 15) is 9.18 Å². The molecule has 1 aromatic carbocycles. The lowest BCUT2D eigenvalue weighted by Crippen LogP contribution is -2.43. The van der Waals surface area contributed by atoms with Gasteiger partial charge in [-0.15, -0.1) is 0 Å². The van der Waals surface area contributed by atoms with E-state index in [1.165, 1.54) is 30.9 Å². The second-order valence-corrected chi connectivity index (χ2v) is 6.88. The van der Waals surface area contributed by atoms with E-state index < -0.39 is 0 Å². The first kappa shape index (κ1) is 20.0. The Morgan fingerprint density at radius 2 is 2.00 bits per heavy atom. The second-order valence-electron chi connectivity index (χ2n) is 6.88. The molecule has 0 aromatic heterocycles. The van der Waals surface area contributed by atoms with Gasteiger partial charge in [-0.25, -0.2) is 9.38 Å². The summed E-state index contributed by atoms with van der Waals surface area (Å²) in [5.41, 5.74) is 0.811. The topological polar surface area (TPSA) is 57.2 Å². The molecule has 6 nitrogen and oxygen atoms in total. The Labute approximate surface area is 155 Å². The predicted octanol–water partition coefficient (Wildman–Crippen LogP) is 2.24. The highest BCUT2D eigenvalue weighted by Gasteiger charge is 2.19. The van der Waals surface area contributed by atoms with Crippen LogP contribution in [0.3, 0.4) is 0 Å². The Morgan fingerprint density at radius 1 is 1.31 bits per heavy atom. The molecular weight excluding hydrogens is 335 g/mol. The molecule has 0 aliphatic heterocycles. The standard InChI is InChI=1S/C19H29FN4O2/c1-23(2)18(25)12-21-19(22-15-7-5-6-8-15)24(3)13-14-9-10-17(26-4)16(20)11-14/h9-11,15H,5-8,12-13H2,1-4H3,(H,21,22). The van der Waals surface area contributed by atoms with Crippen LogP contribution in [0.15, 0.2) is 23.2 Å². The molecular formula is C19H29FN4O2. The average molecular weight is 364 g/mol. The first-order valence-corrected chi connectivity index (χ1v) is 8.95. The van der Waals surface area contributed by atoms with Gasteiger partial charge in [0.1, 0.15) is 6.54 Å². The van der Waals surface area contributed by atoms with Gasteiger partial charge < -0.3 is 19.9 Å². The predicted molar refractivity (Wildman–Crippen MR) is 101 cm³/mol. The SMILES string of the molecule is COc1ccc(CN(C)C(=NCC(=O)N(C)C)NC2CCCC2)cc1F. The van der Waals surface area contributed by atoms with Gasteiger partial charge in [0.2, 0.25) is 5.91 Å². The van der Waals surface area contributed by atoms with Crippen molar-refractivity contribution < 1.29 is 13.9 Å². The first-order chi connectivity index (χ1) is 12.4. The van der Waals surface area contributed by atoms with E-state index in [0.717, 1.165) is 18.4 Å². The summed E-state index contributed by atoms with van der Waals surface area (Å²) >= 11 is 0. The van der Waals surface area contributed by atoms with Gasteiger partial charge in [-0.2, -0.15) is 0 Å². The summed E-state index contributed by atoms with van der Waals surface area (Å²) < 4.78 is 18.9. The van der Waals surface area contributed by atoms with Crippen LogP contribution in [0.4, 0.5) is 4.39 Å². The highest BCUT2D eigenvalue weighted by Crippen LogP contribution is 2.20. The molecule has 26 heavy (non-hydrogen) atoms. The number of amides is 1. The average Bonchev–Trinajstić information content (AvgIpc) is 3.11. The van der Waals surface area contributed by atoms with Crippen LogP contribution in [0.5, 0.6) is 5.75 Å². The lowest BCUT2D eigenvalue weighted by atomic mass is 10.2. The third-order valence-corrected chi connectivity index (χ3v) is 4.55. The van der Waals surface area contributed by atoms with Gasteiger partial charge in [-0.05, 0) is 30.5 Å². The minimum atomic E-state index is -0.386. The van der Waals surface area contributed by atoms with Gasteiger partial charge in [0, 0.05) is 33.7 Å². The van der Waals surface area contributed by atoms with Gasteiger partial charge in [0.25, 0.3) is 0 Å². The van der Waals surface area contributed by atoms with Crippen LogP contribution in [0.1, 0.15) is 31.2 Å². The molecule has 1 aliphatic rings. The lowest BCUT2D eigenvalue weighted by Gasteiger charge is -2.25. The quantitative estimate of drug-likeness (QED) is 0.621. The van der Waals surface area contributed by atoms with Crippen molar-refractivity contribution in [2.75, 3.05) is 34.8 Å². The zero-order valence-corrected chi connectivity index (χ0v) is 16.1. The number of halogens is 1. The molecule has 0 spiro atoms. The number of carbonyl (C=O) groups is 1. The molecule has 0 atom stereocenters. The molecule has 0 heterocycles. The van der Waals surface area contributed by atoms with Crippen molar-refractivity contribution in [3.05, 3.63) is 29.6 Å². The zero-order chi connectivity index (χ0) is 19.1. The first-order valence-electron chi connectivity index (χ1n) is 8.95. The third-order valence-electron chi connectivity index (χ3n) is 4.55. The molecule has 0 unspecified atom stereocenters. The maximum absolute atomic E-state index is 13.9. The number of carbonyl (C=O) groups excluding carboxylic acids is 1. The minimum absolute atomic E-state index is 0.0559. The molecule has 1 aromatic rings. The highest BCUT2D eigenvalue weighted by atomic mass is 19.1. The molecule has 2 rings (SSSR count). The van der Waals surface area contributed by atoms with E-state index in [1.807, 2.05) is 18.0 Å². The van der Waals surface area contributed by atoms with E-state index in [1.54, 1.807) is 20.2 Å². The Bertz CT molecular complexity index is 642. The van der Waals surface area contributed by atoms with Crippen LogP contribution >= 0.6 is 0 Å². The smallest absolute Gasteiger partial charge is 0.243 e. The van der Waals surface area contributed by atoms with Gasteiger partial charge in [0.05, 0.1) is 7.11 Å². The monoisotopic (exact) mass is 364 g/mol. The molecule has 1 saturated carbocycles. The maximum atomic E-state index is 13.9. The summed E-state index contributed by atoms with van der Waals surface area (Å²) in [6.07, 6.45) is 4.61. The van der Waals surface area contributed by atoms with Crippen molar-refractivity contribution in [3.8, 4) is 5.75 Å². The third kappa shape index (κ3) is 5.61. The number of benzene rings is 1. The summed E-state index contributed by atoms with van der Waals surface area (Å²) in [6.45, 7) is 0.568. The number of nitrogens with one attached hydrogen (secondary N) is 1. The Kier molecular flexibility index (Phi) is 7.24. The number of nitrogens with zero attached hydrogens (tertiary/aromatic N) is 3. The normalized spacial score (nSPS) is 15.0. The molecule has 144 valence electrons. The Morgan fingerprint density at radius 3 is 2.58 bits per heavy atom. The second kappa shape index (κ2) is 9.40. The highest BCUT2D eigenvalue weighted by molar-refractivity contribution is 5.84. The van der Waals surface area contributed by atoms with Crippen molar-refractivity contribution in [1.29, 1.82) is 0 Å². The van der Waals surface area contributed by atoms with Crippen molar-refractivity contribution in [3.63, 3.8) is 0 Å². The number of rotatable bonds is 6. The van der Waals surface area contributed by atoms with Crippen molar-refractivity contribution in [2.45, 2.75) is 38.3 Å². The molecule has 0 radical (unpaired) electrons. The Balaban J connectivity index is 2.10. The molecule has 0 bridgehead atoms. The van der Waals surface area contributed by atoms with Crippen molar-refractivity contribution in [2.24, 2.45) is 4.99 Å². The fourth-order valence-electron chi connectivity index (χ4n) is 2.97. The van der Waals surface area contributed by atoms with Gasteiger partial charge >= 0.3 is 0 Å². The lowest BCUT2D eigenvalue weighted by molar-refractivity contribution is -0.127. The molecule has 1 N–H and O–H groups in total. The number of methoxy groups -OCH3 is 1. The van der Waals surface area contributed by atoms with Crippen LogP contribution in [-0.2, 0) is 11.3 Å². The summed E-state index contributed by atoms with van der Waals surface area (Å²) in [7, 11) is 6.77. The van der Waals surface area contributed by atoms with Crippen LogP contribution in [-0.4, -0.2) is 62.5 Å². The van der Waals surface area contributed by atoms with Crippen molar-refractivity contribution >= 4 is 11.9 Å². The summed E-state index contributed by atoms with van der Waals surface area (Å²) in [5, 5.41) is 3.45. The van der Waals surface area contributed by atoms with E-state index in [0.29, 0.717) is 18.5 Å². The number of aliphatic imine (C=N–C) groups is 1. The summed E-state index contributed by atoms with van der Waals surface area (Å²) in [6, 6.07) is 5.29. The number of likely N-dealkylation sites (N-methyl/N-ethyl adjacent to an activating group) is 1. The summed E-state index contributed by atoms with van der Waals surface area (Å²) in [4.78, 5) is 19.8. The van der Waals surface area contributed by atoms with Crippen LogP contribution < -0.4 is 10.1 Å². The van der Waals surface area contributed by atoms with Gasteiger partial charge in [-0.1, -0.05) is 18.9 Å². The van der Waals surface area contributed by atoms with Crippen molar-refractivity contribution in [1.82, 2.24) is 15.1 Å². The zero-order valence-electron chi connectivity index (χ0n) is 16.1. The number of hydrogen-bond donors (Lipinski definition) is 1. The van der Waals surface area contributed by atoms with Gasteiger partial charge in [-0.3, -0.25) is 4.79 Å². The van der Waals surface area contributed by atoms with E-state index in [2.05, 4.69) is 10.3 Å². The van der Waals surface area contributed by atoms with Crippen LogP contribution in [0, 0.1) is 5.82 Å². The largest absolute Gasteiger partial charge is 0.494 e. The fourth-order valence-corrected chi connectivity index (χ4v) is 2.97. The summed E-state index contributed by atoms with van der Waals surface area (Å²) in [5.74, 6) is 0.456. The fraction of sp³-hybridized carbons (Fsp3) is 0.579.